The van der Waals surface area contributed by atoms with Crippen LogP contribution in [0.5, 0.6) is 0 Å². The predicted octanol–water partition coefficient (Wildman–Crippen LogP) is 2.69. The van der Waals surface area contributed by atoms with E-state index in [1.165, 1.54) is 7.11 Å². The van der Waals surface area contributed by atoms with E-state index in [0.717, 1.165) is 9.37 Å². The van der Waals surface area contributed by atoms with E-state index in [1.54, 1.807) is 18.8 Å². The van der Waals surface area contributed by atoms with Crippen molar-refractivity contribution in [3.8, 4) is 0 Å². The number of methoxy groups -OCH3 is 1. The lowest BCUT2D eigenvalue weighted by Gasteiger charge is -2.25. The molecule has 3 nitrogen and oxygen atoms in total. The molecule has 0 aromatic heterocycles. The zero-order valence-corrected chi connectivity index (χ0v) is 12.5. The first-order valence-electron chi connectivity index (χ1n) is 5.18. The highest BCUT2D eigenvalue weighted by Gasteiger charge is 2.32. The van der Waals surface area contributed by atoms with Gasteiger partial charge in [-0.2, -0.15) is 0 Å². The molecule has 17 heavy (non-hydrogen) atoms. The van der Waals surface area contributed by atoms with Crippen molar-refractivity contribution in [3.63, 3.8) is 0 Å². The summed E-state index contributed by atoms with van der Waals surface area (Å²) in [5.74, 6) is 0.359. The second-order valence-corrected chi connectivity index (χ2v) is 5.66. The van der Waals surface area contributed by atoms with E-state index in [4.69, 9.17) is 4.74 Å². The first kappa shape index (κ1) is 14.5. The predicted molar refractivity (Wildman–Crippen MR) is 74.3 cm³/mol. The SMILES string of the molecule is CNC(C)(CSc1ccccc1Br)C(=O)OC. The zero-order chi connectivity index (χ0) is 12.9. The Morgan fingerprint density at radius 2 is 2.18 bits per heavy atom. The van der Waals surface area contributed by atoms with Crippen LogP contribution in [0.25, 0.3) is 0 Å². The van der Waals surface area contributed by atoms with Gasteiger partial charge in [0.25, 0.3) is 0 Å². The molecule has 0 saturated heterocycles. The second-order valence-electron chi connectivity index (χ2n) is 3.79. The van der Waals surface area contributed by atoms with Crippen LogP contribution >= 0.6 is 27.7 Å². The van der Waals surface area contributed by atoms with E-state index < -0.39 is 5.54 Å². The molecule has 1 aromatic rings. The standard InChI is InChI=1S/C12H16BrNO2S/c1-12(14-2,11(15)16-3)8-17-10-7-5-4-6-9(10)13/h4-7,14H,8H2,1-3H3. The Morgan fingerprint density at radius 3 is 2.71 bits per heavy atom. The maximum Gasteiger partial charge on any atom is 0.326 e. The first-order chi connectivity index (χ1) is 8.03. The molecule has 0 aliphatic carbocycles. The summed E-state index contributed by atoms with van der Waals surface area (Å²) in [5, 5.41) is 3.01. The van der Waals surface area contributed by atoms with Crippen molar-refractivity contribution >= 4 is 33.7 Å². The summed E-state index contributed by atoms with van der Waals surface area (Å²) in [6.07, 6.45) is 0. The number of hydrogen-bond donors (Lipinski definition) is 1. The summed E-state index contributed by atoms with van der Waals surface area (Å²) in [5.41, 5.74) is -0.672. The van der Waals surface area contributed by atoms with Crippen LogP contribution in [-0.2, 0) is 9.53 Å². The zero-order valence-electron chi connectivity index (χ0n) is 10.1. The number of carbonyl (C=O) groups is 1. The minimum absolute atomic E-state index is 0.250. The number of halogens is 1. The average Bonchev–Trinajstić information content (AvgIpc) is 2.36. The van der Waals surface area contributed by atoms with E-state index in [9.17, 15) is 4.79 Å². The van der Waals surface area contributed by atoms with Crippen molar-refractivity contribution in [1.29, 1.82) is 0 Å². The molecular formula is C12H16BrNO2S. The molecule has 1 aromatic carbocycles. The molecule has 0 aliphatic rings. The van der Waals surface area contributed by atoms with E-state index in [0.29, 0.717) is 5.75 Å². The van der Waals surface area contributed by atoms with E-state index >= 15 is 0 Å². The second kappa shape index (κ2) is 6.42. The van der Waals surface area contributed by atoms with Gasteiger partial charge in [0, 0.05) is 15.1 Å². The number of nitrogens with one attached hydrogen (secondary N) is 1. The van der Waals surface area contributed by atoms with Gasteiger partial charge in [0.1, 0.15) is 5.54 Å². The third-order valence-electron chi connectivity index (χ3n) is 2.54. The van der Waals surface area contributed by atoms with Gasteiger partial charge < -0.3 is 10.1 Å². The fourth-order valence-corrected chi connectivity index (χ4v) is 2.96. The summed E-state index contributed by atoms with van der Waals surface area (Å²) in [6, 6.07) is 7.94. The number of ether oxygens (including phenoxy) is 1. The van der Waals surface area contributed by atoms with Crippen molar-refractivity contribution in [2.75, 3.05) is 19.9 Å². The van der Waals surface area contributed by atoms with E-state index in [-0.39, 0.29) is 5.97 Å². The summed E-state index contributed by atoms with van der Waals surface area (Å²) >= 11 is 5.09. The number of thioether (sulfide) groups is 1. The molecule has 0 amide bonds. The molecule has 1 atom stereocenters. The Labute approximate surface area is 114 Å². The molecule has 1 rings (SSSR count). The van der Waals surface area contributed by atoms with Crippen LogP contribution in [0.15, 0.2) is 33.6 Å². The summed E-state index contributed by atoms with van der Waals surface area (Å²) in [4.78, 5) is 12.8. The Balaban J connectivity index is 2.72. The maximum absolute atomic E-state index is 11.7. The number of rotatable bonds is 5. The Kier molecular flexibility index (Phi) is 5.49. The van der Waals surface area contributed by atoms with Crippen LogP contribution in [-0.4, -0.2) is 31.4 Å². The molecule has 1 unspecified atom stereocenters. The van der Waals surface area contributed by atoms with Crippen molar-refractivity contribution in [1.82, 2.24) is 5.32 Å². The molecule has 0 fully saturated rings. The quantitative estimate of drug-likeness (QED) is 0.669. The highest BCUT2D eigenvalue weighted by molar-refractivity contribution is 9.10. The fourth-order valence-electron chi connectivity index (χ4n) is 1.24. The molecule has 0 heterocycles. The minimum Gasteiger partial charge on any atom is -0.468 e. The third-order valence-corrected chi connectivity index (χ3v) is 4.88. The summed E-state index contributed by atoms with van der Waals surface area (Å²) < 4.78 is 5.83. The maximum atomic E-state index is 11.7. The highest BCUT2D eigenvalue weighted by atomic mass is 79.9. The molecular weight excluding hydrogens is 302 g/mol. The number of benzene rings is 1. The fraction of sp³-hybridized carbons (Fsp3) is 0.417. The van der Waals surface area contributed by atoms with Crippen LogP contribution in [0, 0.1) is 0 Å². The topological polar surface area (TPSA) is 38.3 Å². The van der Waals surface area contributed by atoms with Crippen molar-refractivity contribution in [2.45, 2.75) is 17.4 Å². The van der Waals surface area contributed by atoms with Crippen molar-refractivity contribution in [3.05, 3.63) is 28.7 Å². The lowest BCUT2D eigenvalue weighted by atomic mass is 10.1. The van der Waals surface area contributed by atoms with Crippen LogP contribution in [0.4, 0.5) is 0 Å². The van der Waals surface area contributed by atoms with Gasteiger partial charge in [-0.15, -0.1) is 11.8 Å². The van der Waals surface area contributed by atoms with Gasteiger partial charge in [0.05, 0.1) is 7.11 Å². The van der Waals surface area contributed by atoms with Gasteiger partial charge >= 0.3 is 5.97 Å². The normalized spacial score (nSPS) is 14.1. The molecule has 0 aliphatic heterocycles. The minimum atomic E-state index is -0.672. The van der Waals surface area contributed by atoms with Gasteiger partial charge in [0.2, 0.25) is 0 Å². The monoisotopic (exact) mass is 317 g/mol. The number of hydrogen-bond acceptors (Lipinski definition) is 4. The van der Waals surface area contributed by atoms with Crippen LogP contribution < -0.4 is 5.32 Å². The lowest BCUT2D eigenvalue weighted by molar-refractivity contribution is -0.146. The molecule has 94 valence electrons. The molecule has 1 N–H and O–H groups in total. The molecule has 0 radical (unpaired) electrons. The van der Waals surface area contributed by atoms with E-state index in [1.807, 2.05) is 31.2 Å². The van der Waals surface area contributed by atoms with Crippen molar-refractivity contribution < 1.29 is 9.53 Å². The van der Waals surface area contributed by atoms with Gasteiger partial charge in [-0.25, -0.2) is 0 Å². The largest absolute Gasteiger partial charge is 0.468 e. The Bertz CT molecular complexity index is 400. The van der Waals surface area contributed by atoms with E-state index in [2.05, 4.69) is 21.2 Å². The summed E-state index contributed by atoms with van der Waals surface area (Å²) in [7, 11) is 3.17. The Hall–Kier alpha value is -0.520. The first-order valence-corrected chi connectivity index (χ1v) is 6.96. The van der Waals surface area contributed by atoms with Gasteiger partial charge in [-0.3, -0.25) is 4.79 Å². The molecule has 0 saturated carbocycles. The van der Waals surface area contributed by atoms with Crippen LogP contribution in [0.3, 0.4) is 0 Å². The van der Waals surface area contributed by atoms with Gasteiger partial charge in [0.15, 0.2) is 0 Å². The summed E-state index contributed by atoms with van der Waals surface area (Å²) in [6.45, 7) is 1.84. The van der Waals surface area contributed by atoms with Gasteiger partial charge in [-0.1, -0.05) is 12.1 Å². The number of carbonyl (C=O) groups excluding carboxylic acids is 1. The van der Waals surface area contributed by atoms with Crippen LogP contribution in [0.1, 0.15) is 6.92 Å². The number of likely N-dealkylation sites (N-methyl/N-ethyl adjacent to an activating group) is 1. The Morgan fingerprint density at radius 1 is 1.53 bits per heavy atom. The molecule has 5 heteroatoms. The molecule has 0 bridgehead atoms. The molecule has 0 spiro atoms. The van der Waals surface area contributed by atoms with Gasteiger partial charge in [-0.05, 0) is 42.0 Å². The van der Waals surface area contributed by atoms with Crippen molar-refractivity contribution in [2.24, 2.45) is 0 Å². The highest BCUT2D eigenvalue weighted by Crippen LogP contribution is 2.29. The smallest absolute Gasteiger partial charge is 0.326 e. The average molecular weight is 318 g/mol. The third kappa shape index (κ3) is 3.72. The number of esters is 1. The lowest BCUT2D eigenvalue weighted by Crippen LogP contribution is -2.50. The van der Waals surface area contributed by atoms with Crippen LogP contribution in [0.2, 0.25) is 0 Å².